The molecule has 1 heterocycles. The second-order valence-corrected chi connectivity index (χ2v) is 7.59. The van der Waals surface area contributed by atoms with E-state index in [0.29, 0.717) is 0 Å². The van der Waals surface area contributed by atoms with Gasteiger partial charge in [0.15, 0.2) is 0 Å². The van der Waals surface area contributed by atoms with E-state index in [0.717, 1.165) is 11.1 Å². The van der Waals surface area contributed by atoms with E-state index >= 15 is 0 Å². The second kappa shape index (κ2) is 6.35. The van der Waals surface area contributed by atoms with Crippen LogP contribution in [0.2, 0.25) is 0 Å². The minimum Gasteiger partial charge on any atom is -0.336 e. The van der Waals surface area contributed by atoms with Crippen LogP contribution in [0.1, 0.15) is 22.5 Å². The van der Waals surface area contributed by atoms with Crippen molar-refractivity contribution in [2.24, 2.45) is 5.92 Å². The van der Waals surface area contributed by atoms with E-state index in [-0.39, 0.29) is 11.9 Å². The van der Waals surface area contributed by atoms with E-state index in [4.69, 9.17) is 34.8 Å². The summed E-state index contributed by atoms with van der Waals surface area (Å²) in [5.41, 5.74) is 1.87. The fourth-order valence-electron chi connectivity index (χ4n) is 3.21. The SMILES string of the molecule is CN1C(=O)C(Cl)(Cl)C(C(Cl)c2ccccc2)C1c1ccccc1. The van der Waals surface area contributed by atoms with E-state index in [1.165, 1.54) is 0 Å². The van der Waals surface area contributed by atoms with Crippen LogP contribution >= 0.6 is 34.8 Å². The Kier molecular flexibility index (Phi) is 4.59. The molecule has 2 nitrogen and oxygen atoms in total. The molecule has 1 aliphatic rings. The van der Waals surface area contributed by atoms with Crippen molar-refractivity contribution >= 4 is 40.7 Å². The third-order valence-electron chi connectivity index (χ3n) is 4.36. The Morgan fingerprint density at radius 2 is 1.52 bits per heavy atom. The van der Waals surface area contributed by atoms with Gasteiger partial charge in [0.1, 0.15) is 0 Å². The van der Waals surface area contributed by atoms with E-state index < -0.39 is 15.6 Å². The average molecular weight is 369 g/mol. The Bertz CT molecular complexity index is 690. The maximum absolute atomic E-state index is 12.6. The van der Waals surface area contributed by atoms with Gasteiger partial charge in [0.05, 0.1) is 11.4 Å². The zero-order valence-electron chi connectivity index (χ0n) is 12.5. The number of likely N-dealkylation sites (tertiary alicyclic amines) is 1. The van der Waals surface area contributed by atoms with Crippen LogP contribution in [0, 0.1) is 5.92 Å². The summed E-state index contributed by atoms with van der Waals surface area (Å²) in [5.74, 6) is -0.781. The van der Waals surface area contributed by atoms with Crippen LogP contribution in [-0.4, -0.2) is 22.2 Å². The lowest BCUT2D eigenvalue weighted by Gasteiger charge is -2.30. The van der Waals surface area contributed by atoms with Crippen LogP contribution in [0.25, 0.3) is 0 Å². The van der Waals surface area contributed by atoms with Gasteiger partial charge in [-0.2, -0.15) is 0 Å². The molecule has 0 aliphatic carbocycles. The Balaban J connectivity index is 2.08. The minimum absolute atomic E-state index is 0.276. The Morgan fingerprint density at radius 3 is 2.09 bits per heavy atom. The number of rotatable bonds is 3. The van der Waals surface area contributed by atoms with E-state index in [2.05, 4.69) is 0 Å². The first-order chi connectivity index (χ1) is 10.9. The van der Waals surface area contributed by atoms with Gasteiger partial charge in [0.25, 0.3) is 5.91 Å². The lowest BCUT2D eigenvalue weighted by atomic mass is 9.87. The normalized spacial score (nSPS) is 24.7. The smallest absolute Gasteiger partial charge is 0.259 e. The van der Waals surface area contributed by atoms with Gasteiger partial charge in [-0.15, -0.1) is 11.6 Å². The van der Waals surface area contributed by atoms with E-state index in [9.17, 15) is 4.79 Å². The number of carbonyl (C=O) groups is 1. The zero-order chi connectivity index (χ0) is 16.6. The summed E-state index contributed by atoms with van der Waals surface area (Å²) in [4.78, 5) is 14.2. The first-order valence-electron chi connectivity index (χ1n) is 7.33. The summed E-state index contributed by atoms with van der Waals surface area (Å²) in [6.07, 6.45) is 0. The molecule has 1 saturated heterocycles. The number of benzene rings is 2. The van der Waals surface area contributed by atoms with Crippen molar-refractivity contribution in [2.75, 3.05) is 7.05 Å². The van der Waals surface area contributed by atoms with Crippen LogP contribution in [-0.2, 0) is 4.79 Å². The first kappa shape index (κ1) is 16.6. The molecule has 2 aromatic rings. The maximum Gasteiger partial charge on any atom is 0.259 e. The molecule has 0 aromatic heterocycles. The zero-order valence-corrected chi connectivity index (χ0v) is 14.8. The average Bonchev–Trinajstić information content (AvgIpc) is 2.76. The van der Waals surface area contributed by atoms with Crippen LogP contribution in [0.15, 0.2) is 60.7 Å². The fraction of sp³-hybridized carbons (Fsp3) is 0.278. The summed E-state index contributed by atoms with van der Waals surface area (Å²) < 4.78 is -1.56. The summed E-state index contributed by atoms with van der Waals surface area (Å²) in [6.45, 7) is 0. The first-order valence-corrected chi connectivity index (χ1v) is 8.53. The highest BCUT2D eigenvalue weighted by atomic mass is 35.5. The van der Waals surface area contributed by atoms with Crippen molar-refractivity contribution in [1.29, 1.82) is 0 Å². The van der Waals surface area contributed by atoms with Crippen molar-refractivity contribution < 1.29 is 4.79 Å². The number of amides is 1. The summed E-state index contributed by atoms with van der Waals surface area (Å²) in [7, 11) is 1.72. The number of hydrogen-bond acceptors (Lipinski definition) is 1. The Hall–Kier alpha value is -1.22. The molecule has 1 amide bonds. The summed E-state index contributed by atoms with van der Waals surface area (Å²) in [5, 5.41) is -0.481. The molecule has 3 unspecified atom stereocenters. The third kappa shape index (κ3) is 2.84. The van der Waals surface area contributed by atoms with Crippen LogP contribution in [0.4, 0.5) is 0 Å². The van der Waals surface area contributed by atoms with Crippen molar-refractivity contribution in [3.05, 3.63) is 71.8 Å². The molecule has 0 spiro atoms. The molecule has 23 heavy (non-hydrogen) atoms. The van der Waals surface area contributed by atoms with Gasteiger partial charge in [0, 0.05) is 13.0 Å². The highest BCUT2D eigenvalue weighted by Crippen LogP contribution is 2.56. The van der Waals surface area contributed by atoms with Gasteiger partial charge in [-0.05, 0) is 11.1 Å². The second-order valence-electron chi connectivity index (χ2n) is 5.73. The highest BCUT2D eigenvalue weighted by Gasteiger charge is 2.59. The molecule has 2 aromatic carbocycles. The van der Waals surface area contributed by atoms with Crippen LogP contribution in [0.5, 0.6) is 0 Å². The van der Waals surface area contributed by atoms with E-state index in [1.807, 2.05) is 60.7 Å². The van der Waals surface area contributed by atoms with Gasteiger partial charge in [-0.3, -0.25) is 4.79 Å². The van der Waals surface area contributed by atoms with Crippen molar-refractivity contribution in [3.8, 4) is 0 Å². The molecular weight excluding hydrogens is 353 g/mol. The van der Waals surface area contributed by atoms with Gasteiger partial charge in [-0.1, -0.05) is 83.9 Å². The predicted molar refractivity (Wildman–Crippen MR) is 94.9 cm³/mol. The quantitative estimate of drug-likeness (QED) is 0.700. The van der Waals surface area contributed by atoms with Gasteiger partial charge in [0.2, 0.25) is 4.33 Å². The third-order valence-corrected chi connectivity index (χ3v) is 5.71. The number of alkyl halides is 3. The molecule has 3 atom stereocenters. The number of halogens is 3. The molecule has 0 N–H and O–H groups in total. The molecular formula is C18H16Cl3NO. The minimum atomic E-state index is -1.56. The number of hydrogen-bond donors (Lipinski definition) is 0. The van der Waals surface area contributed by atoms with Gasteiger partial charge < -0.3 is 4.90 Å². The van der Waals surface area contributed by atoms with E-state index in [1.54, 1.807) is 11.9 Å². The Morgan fingerprint density at radius 1 is 1.00 bits per heavy atom. The topological polar surface area (TPSA) is 20.3 Å². The van der Waals surface area contributed by atoms with Crippen molar-refractivity contribution in [1.82, 2.24) is 4.90 Å². The molecule has 3 rings (SSSR count). The molecule has 1 fully saturated rings. The molecule has 120 valence electrons. The molecule has 1 aliphatic heterocycles. The summed E-state index contributed by atoms with van der Waals surface area (Å²) in [6, 6.07) is 19.0. The molecule has 5 heteroatoms. The molecule has 0 bridgehead atoms. The van der Waals surface area contributed by atoms with Crippen LogP contribution < -0.4 is 0 Å². The lowest BCUT2D eigenvalue weighted by Crippen LogP contribution is -2.32. The monoisotopic (exact) mass is 367 g/mol. The van der Waals surface area contributed by atoms with Crippen molar-refractivity contribution in [2.45, 2.75) is 15.8 Å². The molecule has 0 saturated carbocycles. The largest absolute Gasteiger partial charge is 0.336 e. The van der Waals surface area contributed by atoms with Gasteiger partial charge >= 0.3 is 0 Å². The number of carbonyl (C=O) groups excluding carboxylic acids is 1. The highest BCUT2D eigenvalue weighted by molar-refractivity contribution is 6.59. The lowest BCUT2D eigenvalue weighted by molar-refractivity contribution is -0.128. The fourth-order valence-corrected chi connectivity index (χ4v) is 4.57. The van der Waals surface area contributed by atoms with Crippen molar-refractivity contribution in [3.63, 3.8) is 0 Å². The standard InChI is InChI=1S/C18H16Cl3NO/c1-22-16(13-10-6-3-7-11-13)14(18(20,21)17(22)23)15(19)12-8-4-2-5-9-12/h2-11,14-16H,1H3. The van der Waals surface area contributed by atoms with Crippen LogP contribution in [0.3, 0.4) is 0 Å². The number of nitrogens with zero attached hydrogens (tertiary/aromatic N) is 1. The Labute approximate surface area is 151 Å². The van der Waals surface area contributed by atoms with Gasteiger partial charge in [-0.25, -0.2) is 0 Å². The molecule has 0 radical (unpaired) electrons. The predicted octanol–water partition coefficient (Wildman–Crippen LogP) is 4.97. The maximum atomic E-state index is 12.6. The summed E-state index contributed by atoms with van der Waals surface area (Å²) >= 11 is 19.6.